The number of fused-ring (bicyclic) bond motifs is 1. The van der Waals surface area contributed by atoms with Gasteiger partial charge in [0.15, 0.2) is 0 Å². The molecule has 3 aromatic carbocycles. The van der Waals surface area contributed by atoms with Gasteiger partial charge < -0.3 is 19.2 Å². The number of rotatable bonds is 8. The van der Waals surface area contributed by atoms with Gasteiger partial charge in [-0.25, -0.2) is 0 Å². The molecule has 0 fully saturated rings. The molecule has 0 saturated carbocycles. The van der Waals surface area contributed by atoms with E-state index in [2.05, 4.69) is 5.32 Å². The predicted molar refractivity (Wildman–Crippen MR) is 131 cm³/mol. The zero-order valence-corrected chi connectivity index (χ0v) is 20.1. The van der Waals surface area contributed by atoms with E-state index in [9.17, 15) is 13.2 Å². The minimum Gasteiger partial charge on any atom is -0.497 e. The Bertz CT molecular complexity index is 1330. The SMILES string of the molecule is COc1cccc(C(C)NCCOc2cc(-c3ccc4oc(C)c(C)c4c3)cc(C(F)(F)F)c2)c1. The number of aryl methyl sites for hydroxylation is 2. The topological polar surface area (TPSA) is 43.6 Å². The number of halogens is 3. The minimum atomic E-state index is -4.49. The van der Waals surface area contributed by atoms with Crippen molar-refractivity contribution < 1.29 is 27.1 Å². The van der Waals surface area contributed by atoms with Crippen LogP contribution in [0, 0.1) is 13.8 Å². The molecule has 0 aliphatic carbocycles. The van der Waals surface area contributed by atoms with Crippen LogP contribution in [0.1, 0.15) is 35.4 Å². The van der Waals surface area contributed by atoms with E-state index in [1.54, 1.807) is 25.3 Å². The van der Waals surface area contributed by atoms with E-state index in [1.165, 1.54) is 0 Å². The Balaban J connectivity index is 1.51. The van der Waals surface area contributed by atoms with Gasteiger partial charge in [-0.1, -0.05) is 18.2 Å². The molecule has 1 unspecified atom stereocenters. The van der Waals surface area contributed by atoms with Crippen LogP contribution in [0.2, 0.25) is 0 Å². The summed E-state index contributed by atoms with van der Waals surface area (Å²) in [6, 6.07) is 17.0. The summed E-state index contributed by atoms with van der Waals surface area (Å²) in [5, 5.41) is 4.21. The van der Waals surface area contributed by atoms with E-state index in [0.717, 1.165) is 40.2 Å². The molecule has 4 aromatic rings. The maximum atomic E-state index is 13.6. The van der Waals surface area contributed by atoms with Crippen LogP contribution in [-0.2, 0) is 6.18 Å². The molecule has 0 amide bonds. The summed E-state index contributed by atoms with van der Waals surface area (Å²) in [6.07, 6.45) is -4.49. The summed E-state index contributed by atoms with van der Waals surface area (Å²) >= 11 is 0. The molecule has 4 rings (SSSR count). The molecule has 7 heteroatoms. The fraction of sp³-hybridized carbons (Fsp3) is 0.286. The van der Waals surface area contributed by atoms with Crippen molar-refractivity contribution in [2.75, 3.05) is 20.3 Å². The Morgan fingerprint density at radius 1 is 0.943 bits per heavy atom. The Labute approximate surface area is 202 Å². The average Bonchev–Trinajstić information content (AvgIpc) is 3.13. The van der Waals surface area contributed by atoms with Crippen LogP contribution in [0.15, 0.2) is 65.1 Å². The molecule has 0 spiro atoms. The second-order valence-electron chi connectivity index (χ2n) is 8.54. The Hall–Kier alpha value is -3.45. The number of benzene rings is 3. The van der Waals surface area contributed by atoms with Gasteiger partial charge in [0.25, 0.3) is 0 Å². The molecule has 4 nitrogen and oxygen atoms in total. The van der Waals surface area contributed by atoms with E-state index >= 15 is 0 Å². The number of ether oxygens (including phenoxy) is 2. The summed E-state index contributed by atoms with van der Waals surface area (Å²) in [7, 11) is 1.61. The minimum absolute atomic E-state index is 0.0270. The van der Waals surface area contributed by atoms with Gasteiger partial charge >= 0.3 is 6.18 Å². The molecule has 1 N–H and O–H groups in total. The van der Waals surface area contributed by atoms with Crippen molar-refractivity contribution in [3.8, 4) is 22.6 Å². The highest BCUT2D eigenvalue weighted by atomic mass is 19.4. The van der Waals surface area contributed by atoms with E-state index in [4.69, 9.17) is 13.9 Å². The molecule has 0 saturated heterocycles. The zero-order chi connectivity index (χ0) is 25.2. The van der Waals surface area contributed by atoms with Crippen molar-refractivity contribution in [3.63, 3.8) is 0 Å². The van der Waals surface area contributed by atoms with Gasteiger partial charge in [0, 0.05) is 18.0 Å². The Kier molecular flexibility index (Phi) is 7.08. The highest BCUT2D eigenvalue weighted by molar-refractivity contribution is 5.87. The third-order valence-electron chi connectivity index (χ3n) is 6.16. The second kappa shape index (κ2) is 10.0. The van der Waals surface area contributed by atoms with Crippen molar-refractivity contribution >= 4 is 11.0 Å². The van der Waals surface area contributed by atoms with Crippen LogP contribution < -0.4 is 14.8 Å². The van der Waals surface area contributed by atoms with Crippen molar-refractivity contribution in [2.24, 2.45) is 0 Å². The number of furan rings is 1. The fourth-order valence-corrected chi connectivity index (χ4v) is 4.01. The van der Waals surface area contributed by atoms with E-state index in [1.807, 2.05) is 51.1 Å². The summed E-state index contributed by atoms with van der Waals surface area (Å²) in [5.74, 6) is 1.73. The normalized spacial score (nSPS) is 12.7. The Morgan fingerprint density at radius 2 is 1.74 bits per heavy atom. The largest absolute Gasteiger partial charge is 0.497 e. The van der Waals surface area contributed by atoms with Gasteiger partial charge in [0.2, 0.25) is 0 Å². The summed E-state index contributed by atoms with van der Waals surface area (Å²) < 4.78 is 57.6. The van der Waals surface area contributed by atoms with E-state index < -0.39 is 11.7 Å². The standard InChI is InChI=1S/C28H28F3NO3/c1-17-19(3)35-27-9-8-21(15-26(17)27)22-12-23(28(29,30)31)16-25(14-22)34-11-10-32-18(2)20-6-5-7-24(13-20)33-4/h5-9,12-16,18,32H,10-11H2,1-4H3. The van der Waals surface area contributed by atoms with Gasteiger partial charge in [-0.2, -0.15) is 13.2 Å². The summed E-state index contributed by atoms with van der Waals surface area (Å²) in [5.41, 5.74) is 3.09. The van der Waals surface area contributed by atoms with Crippen LogP contribution in [0.3, 0.4) is 0 Å². The first-order valence-electron chi connectivity index (χ1n) is 11.4. The first kappa shape index (κ1) is 24.7. The van der Waals surface area contributed by atoms with E-state index in [-0.39, 0.29) is 18.4 Å². The monoisotopic (exact) mass is 483 g/mol. The molecule has 0 aliphatic rings. The molecular formula is C28H28F3NO3. The molecule has 1 heterocycles. The lowest BCUT2D eigenvalue weighted by Gasteiger charge is -2.17. The first-order valence-corrected chi connectivity index (χ1v) is 11.4. The molecule has 184 valence electrons. The number of methoxy groups -OCH3 is 1. The average molecular weight is 484 g/mol. The van der Waals surface area contributed by atoms with Crippen LogP contribution in [0.4, 0.5) is 13.2 Å². The maximum absolute atomic E-state index is 13.6. The summed E-state index contributed by atoms with van der Waals surface area (Å²) in [6.45, 7) is 6.49. The zero-order valence-electron chi connectivity index (χ0n) is 20.1. The molecule has 1 aromatic heterocycles. The van der Waals surface area contributed by atoms with Crippen LogP contribution in [0.25, 0.3) is 22.1 Å². The van der Waals surface area contributed by atoms with E-state index in [0.29, 0.717) is 23.3 Å². The van der Waals surface area contributed by atoms with Gasteiger partial charge in [-0.05, 0) is 85.5 Å². The van der Waals surface area contributed by atoms with Crippen LogP contribution in [0.5, 0.6) is 11.5 Å². The highest BCUT2D eigenvalue weighted by Crippen LogP contribution is 2.37. The van der Waals surface area contributed by atoms with Crippen LogP contribution >= 0.6 is 0 Å². The third-order valence-corrected chi connectivity index (χ3v) is 6.16. The van der Waals surface area contributed by atoms with Crippen LogP contribution in [-0.4, -0.2) is 20.3 Å². The molecule has 0 aliphatic heterocycles. The van der Waals surface area contributed by atoms with Crippen molar-refractivity contribution in [1.29, 1.82) is 0 Å². The lowest BCUT2D eigenvalue weighted by atomic mass is 10.00. The molecule has 0 radical (unpaired) electrons. The molecule has 35 heavy (non-hydrogen) atoms. The quantitative estimate of drug-likeness (QED) is 0.264. The van der Waals surface area contributed by atoms with Crippen molar-refractivity contribution in [1.82, 2.24) is 5.32 Å². The number of nitrogens with one attached hydrogen (secondary N) is 1. The van der Waals surface area contributed by atoms with Gasteiger partial charge in [0.05, 0.1) is 12.7 Å². The van der Waals surface area contributed by atoms with Gasteiger partial charge in [0.1, 0.15) is 29.4 Å². The van der Waals surface area contributed by atoms with Crippen molar-refractivity contribution in [3.05, 3.63) is 83.1 Å². The fourth-order valence-electron chi connectivity index (χ4n) is 4.01. The third kappa shape index (κ3) is 5.62. The maximum Gasteiger partial charge on any atom is 0.416 e. The lowest BCUT2D eigenvalue weighted by molar-refractivity contribution is -0.137. The molecule has 1 atom stereocenters. The molecular weight excluding hydrogens is 455 g/mol. The number of alkyl halides is 3. The van der Waals surface area contributed by atoms with Crippen molar-refractivity contribution in [2.45, 2.75) is 33.0 Å². The number of hydrogen-bond donors (Lipinski definition) is 1. The second-order valence-corrected chi connectivity index (χ2v) is 8.54. The first-order chi connectivity index (χ1) is 16.7. The smallest absolute Gasteiger partial charge is 0.416 e. The highest BCUT2D eigenvalue weighted by Gasteiger charge is 2.31. The van der Waals surface area contributed by atoms with Gasteiger partial charge in [-0.3, -0.25) is 0 Å². The number of hydrogen-bond acceptors (Lipinski definition) is 4. The summed E-state index contributed by atoms with van der Waals surface area (Å²) in [4.78, 5) is 0. The van der Waals surface area contributed by atoms with Gasteiger partial charge in [-0.15, -0.1) is 0 Å². The predicted octanol–water partition coefficient (Wildman–Crippen LogP) is 7.47. The Morgan fingerprint density at radius 3 is 2.49 bits per heavy atom. The molecule has 0 bridgehead atoms. The lowest BCUT2D eigenvalue weighted by Crippen LogP contribution is -2.24.